The highest BCUT2D eigenvalue weighted by atomic mass is 16.6. The molecule has 0 aliphatic rings. The van der Waals surface area contributed by atoms with Gasteiger partial charge in [-0.2, -0.15) is 0 Å². The third kappa shape index (κ3) is 23.3. The Morgan fingerprint density at radius 1 is 0.519 bits per heavy atom. The second kappa shape index (κ2) is 23.3. The van der Waals surface area contributed by atoms with Crippen LogP contribution < -0.4 is 0 Å². The number of hydrogen-bond acceptors (Lipinski definition) is 6. The van der Waals surface area contributed by atoms with Crippen LogP contribution in [-0.4, -0.2) is 65.4 Å². The number of carbonyl (C=O) groups excluding carboxylic acids is 1. The Balaban J connectivity index is 3.09. The Hall–Kier alpha value is -0.690. The maximum atomic E-state index is 11.5. The summed E-state index contributed by atoms with van der Waals surface area (Å²) in [6.45, 7) is 9.28. The Kier molecular flexibility index (Phi) is 22.8. The number of unbranched alkanes of at least 4 members (excludes halogenated alkanes) is 6. The van der Waals surface area contributed by atoms with Crippen molar-refractivity contribution < 1.29 is 28.5 Å². The molecule has 0 aromatic heterocycles. The molecule has 0 saturated heterocycles. The van der Waals surface area contributed by atoms with Gasteiger partial charge in [0.2, 0.25) is 0 Å². The Morgan fingerprint density at radius 2 is 0.963 bits per heavy atom. The SMILES string of the molecule is CCCCCCCC(=O)OCCOCCOCCOCCOCCCCC. The molecule has 6 heteroatoms. The van der Waals surface area contributed by atoms with Crippen LogP contribution in [0.2, 0.25) is 0 Å². The smallest absolute Gasteiger partial charge is 0.305 e. The minimum absolute atomic E-state index is 0.127. The van der Waals surface area contributed by atoms with E-state index >= 15 is 0 Å². The van der Waals surface area contributed by atoms with Gasteiger partial charge in [0.25, 0.3) is 0 Å². The van der Waals surface area contributed by atoms with Crippen molar-refractivity contribution in [3.63, 3.8) is 0 Å². The van der Waals surface area contributed by atoms with Crippen LogP contribution in [0.5, 0.6) is 0 Å². The van der Waals surface area contributed by atoms with Gasteiger partial charge in [-0.05, 0) is 12.8 Å². The van der Waals surface area contributed by atoms with Crippen LogP contribution >= 0.6 is 0 Å². The molecule has 27 heavy (non-hydrogen) atoms. The summed E-state index contributed by atoms with van der Waals surface area (Å²) in [5, 5.41) is 0. The molecule has 0 radical (unpaired) electrons. The number of rotatable bonds is 22. The fourth-order valence-corrected chi connectivity index (χ4v) is 2.38. The first-order chi connectivity index (χ1) is 13.3. The quantitative estimate of drug-likeness (QED) is 0.204. The van der Waals surface area contributed by atoms with Gasteiger partial charge >= 0.3 is 5.97 Å². The van der Waals surface area contributed by atoms with Crippen molar-refractivity contribution in [2.24, 2.45) is 0 Å². The van der Waals surface area contributed by atoms with E-state index in [0.29, 0.717) is 59.3 Å². The first kappa shape index (κ1) is 26.3. The summed E-state index contributed by atoms with van der Waals surface area (Å²) in [4.78, 5) is 11.5. The molecule has 162 valence electrons. The van der Waals surface area contributed by atoms with Gasteiger partial charge in [-0.3, -0.25) is 4.79 Å². The van der Waals surface area contributed by atoms with Crippen molar-refractivity contribution in [3.05, 3.63) is 0 Å². The normalized spacial score (nSPS) is 11.0. The first-order valence-electron chi connectivity index (χ1n) is 10.8. The molecule has 0 aliphatic carbocycles. The number of carbonyl (C=O) groups is 1. The van der Waals surface area contributed by atoms with Crippen molar-refractivity contribution in [2.45, 2.75) is 71.6 Å². The lowest BCUT2D eigenvalue weighted by Crippen LogP contribution is -2.14. The average molecular weight is 391 g/mol. The zero-order chi connectivity index (χ0) is 19.8. The van der Waals surface area contributed by atoms with Gasteiger partial charge in [-0.15, -0.1) is 0 Å². The molecule has 0 amide bonds. The van der Waals surface area contributed by atoms with E-state index in [-0.39, 0.29) is 5.97 Å². The monoisotopic (exact) mass is 390 g/mol. The zero-order valence-corrected chi connectivity index (χ0v) is 17.7. The van der Waals surface area contributed by atoms with Gasteiger partial charge < -0.3 is 23.7 Å². The molecule has 0 aliphatic heterocycles. The van der Waals surface area contributed by atoms with Crippen LogP contribution in [0.15, 0.2) is 0 Å². The fourth-order valence-electron chi connectivity index (χ4n) is 2.38. The molecule has 0 bridgehead atoms. The van der Waals surface area contributed by atoms with E-state index in [2.05, 4.69) is 13.8 Å². The van der Waals surface area contributed by atoms with E-state index in [1.807, 2.05) is 0 Å². The predicted octanol–water partition coefficient (Wildman–Crippen LogP) is 4.15. The van der Waals surface area contributed by atoms with E-state index in [9.17, 15) is 4.79 Å². The van der Waals surface area contributed by atoms with Crippen LogP contribution in [0.3, 0.4) is 0 Å². The standard InChI is InChI=1S/C21H42O6/c1-3-5-7-8-9-11-21(22)27-20-19-26-18-17-25-16-15-24-14-13-23-12-10-6-4-2/h3-20H2,1-2H3. The molecule has 0 aromatic carbocycles. The van der Waals surface area contributed by atoms with Crippen molar-refractivity contribution >= 4 is 5.97 Å². The number of esters is 1. The highest BCUT2D eigenvalue weighted by Gasteiger charge is 2.02. The molecule has 6 nitrogen and oxygen atoms in total. The summed E-state index contributed by atoms with van der Waals surface area (Å²) in [5.41, 5.74) is 0. The Morgan fingerprint density at radius 3 is 1.52 bits per heavy atom. The van der Waals surface area contributed by atoms with Crippen molar-refractivity contribution in [1.29, 1.82) is 0 Å². The third-order valence-corrected chi connectivity index (χ3v) is 3.98. The second-order valence-electron chi connectivity index (χ2n) is 6.54. The van der Waals surface area contributed by atoms with Crippen LogP contribution in [-0.2, 0) is 28.5 Å². The fraction of sp³-hybridized carbons (Fsp3) is 0.952. The number of hydrogen-bond donors (Lipinski definition) is 0. The van der Waals surface area contributed by atoms with Crippen molar-refractivity contribution in [1.82, 2.24) is 0 Å². The maximum Gasteiger partial charge on any atom is 0.305 e. The molecule has 0 fully saturated rings. The van der Waals surface area contributed by atoms with E-state index in [1.54, 1.807) is 0 Å². The molecule has 0 spiro atoms. The summed E-state index contributed by atoms with van der Waals surface area (Å²) in [6.07, 6.45) is 9.74. The minimum Gasteiger partial charge on any atom is -0.463 e. The lowest BCUT2D eigenvalue weighted by Gasteiger charge is -2.08. The molecule has 0 rings (SSSR count). The van der Waals surface area contributed by atoms with E-state index in [1.165, 1.54) is 32.1 Å². The second-order valence-corrected chi connectivity index (χ2v) is 6.54. The Bertz CT molecular complexity index is 298. The summed E-state index contributed by atoms with van der Waals surface area (Å²) in [7, 11) is 0. The van der Waals surface area contributed by atoms with Gasteiger partial charge in [0.15, 0.2) is 0 Å². The minimum atomic E-state index is -0.127. The van der Waals surface area contributed by atoms with E-state index in [0.717, 1.165) is 25.9 Å². The van der Waals surface area contributed by atoms with E-state index in [4.69, 9.17) is 23.7 Å². The lowest BCUT2D eigenvalue weighted by molar-refractivity contribution is -0.145. The predicted molar refractivity (Wildman–Crippen MR) is 107 cm³/mol. The molecule has 0 saturated carbocycles. The van der Waals surface area contributed by atoms with Crippen LogP contribution in [0.1, 0.15) is 71.6 Å². The van der Waals surface area contributed by atoms with Crippen molar-refractivity contribution in [2.75, 3.05) is 59.5 Å². The van der Waals surface area contributed by atoms with Gasteiger partial charge in [-0.1, -0.05) is 52.4 Å². The topological polar surface area (TPSA) is 63.2 Å². The van der Waals surface area contributed by atoms with E-state index < -0.39 is 0 Å². The third-order valence-electron chi connectivity index (χ3n) is 3.98. The molecular formula is C21H42O6. The van der Waals surface area contributed by atoms with Gasteiger partial charge in [0.1, 0.15) is 6.61 Å². The van der Waals surface area contributed by atoms with Crippen LogP contribution in [0.25, 0.3) is 0 Å². The molecule has 0 unspecified atom stereocenters. The molecule has 0 atom stereocenters. The zero-order valence-electron chi connectivity index (χ0n) is 17.7. The molecule has 0 aromatic rings. The summed E-state index contributed by atoms with van der Waals surface area (Å²) in [6, 6.07) is 0. The molecule has 0 N–H and O–H groups in total. The summed E-state index contributed by atoms with van der Waals surface area (Å²) in [5.74, 6) is -0.127. The van der Waals surface area contributed by atoms with Crippen LogP contribution in [0.4, 0.5) is 0 Å². The maximum absolute atomic E-state index is 11.5. The lowest BCUT2D eigenvalue weighted by atomic mass is 10.1. The largest absolute Gasteiger partial charge is 0.463 e. The highest BCUT2D eigenvalue weighted by molar-refractivity contribution is 5.69. The summed E-state index contributed by atoms with van der Waals surface area (Å²) < 4.78 is 26.8. The summed E-state index contributed by atoms with van der Waals surface area (Å²) >= 11 is 0. The van der Waals surface area contributed by atoms with Gasteiger partial charge in [-0.25, -0.2) is 0 Å². The Labute approximate surface area is 166 Å². The number of ether oxygens (including phenoxy) is 5. The first-order valence-corrected chi connectivity index (χ1v) is 10.8. The highest BCUT2D eigenvalue weighted by Crippen LogP contribution is 2.05. The average Bonchev–Trinajstić information content (AvgIpc) is 2.67. The van der Waals surface area contributed by atoms with Crippen molar-refractivity contribution in [3.8, 4) is 0 Å². The molecular weight excluding hydrogens is 348 g/mol. The molecule has 0 heterocycles. The van der Waals surface area contributed by atoms with Gasteiger partial charge in [0, 0.05) is 13.0 Å². The van der Waals surface area contributed by atoms with Gasteiger partial charge in [0.05, 0.1) is 46.2 Å². The van der Waals surface area contributed by atoms with Crippen LogP contribution in [0, 0.1) is 0 Å².